The monoisotopic (exact) mass is 670 g/mol. The fourth-order valence-electron chi connectivity index (χ4n) is 6.92. The lowest BCUT2D eigenvalue weighted by molar-refractivity contribution is 0.112. The number of hydrogen-bond donors (Lipinski definition) is 3. The van der Waals surface area contributed by atoms with Crippen LogP contribution in [0.5, 0.6) is 5.75 Å². The van der Waals surface area contributed by atoms with E-state index in [2.05, 4.69) is 10.6 Å². The van der Waals surface area contributed by atoms with Gasteiger partial charge in [-0.25, -0.2) is 0 Å². The first-order valence-corrected chi connectivity index (χ1v) is 16.8. The van der Waals surface area contributed by atoms with E-state index in [-0.39, 0.29) is 24.3 Å². The molecule has 2 aromatic heterocycles. The van der Waals surface area contributed by atoms with Crippen LogP contribution in [0, 0.1) is 20.8 Å². The molecular formula is C43H34N4O4. The number of para-hydroxylation sites is 2. The van der Waals surface area contributed by atoms with Gasteiger partial charge in [-0.1, -0.05) is 60.7 Å². The number of aldehydes is 1. The third-order valence-electron chi connectivity index (χ3n) is 9.48. The van der Waals surface area contributed by atoms with Crippen molar-refractivity contribution in [2.75, 3.05) is 10.6 Å². The van der Waals surface area contributed by atoms with Gasteiger partial charge in [-0.15, -0.1) is 0 Å². The van der Waals surface area contributed by atoms with Gasteiger partial charge in [0.05, 0.1) is 33.5 Å². The Bertz CT molecular complexity index is 2700. The number of phenolic OH excluding ortho intramolecular Hbond substituents is 1. The molecule has 1 aliphatic carbocycles. The molecule has 8 nitrogen and oxygen atoms in total. The molecule has 3 N–H and O–H groups in total. The summed E-state index contributed by atoms with van der Waals surface area (Å²) in [7, 11) is 0. The molecule has 0 bridgehead atoms. The van der Waals surface area contributed by atoms with E-state index in [4.69, 9.17) is 14.4 Å². The molecule has 8 heteroatoms. The third kappa shape index (κ3) is 5.60. The summed E-state index contributed by atoms with van der Waals surface area (Å²) < 4.78 is 6.79. The first-order valence-electron chi connectivity index (χ1n) is 16.8. The molecule has 4 aromatic carbocycles. The van der Waals surface area contributed by atoms with Gasteiger partial charge >= 0.3 is 0 Å². The van der Waals surface area contributed by atoms with Crippen molar-refractivity contribution in [3.05, 3.63) is 147 Å². The van der Waals surface area contributed by atoms with E-state index in [1.807, 2.05) is 98.8 Å². The lowest BCUT2D eigenvalue weighted by Gasteiger charge is -2.22. The Morgan fingerprint density at radius 2 is 1.33 bits per heavy atom. The number of nitrogens with one attached hydrogen (secondary N) is 2. The van der Waals surface area contributed by atoms with E-state index in [1.165, 1.54) is 0 Å². The summed E-state index contributed by atoms with van der Waals surface area (Å²) in [5, 5.41) is 21.0. The van der Waals surface area contributed by atoms with E-state index >= 15 is 0 Å². The molecule has 0 saturated carbocycles. The van der Waals surface area contributed by atoms with E-state index in [9.17, 15) is 14.7 Å². The van der Waals surface area contributed by atoms with Crippen molar-refractivity contribution < 1.29 is 14.3 Å². The Morgan fingerprint density at radius 3 is 1.98 bits per heavy atom. The van der Waals surface area contributed by atoms with Crippen LogP contribution in [0.4, 0.5) is 11.4 Å². The van der Waals surface area contributed by atoms with Crippen molar-refractivity contribution in [1.82, 2.24) is 9.97 Å². The molecule has 0 saturated heterocycles. The number of carbonyl (C=O) groups excluding carboxylic acids is 1. The SMILES string of the molecule is Cc1ccc2cccc(NCc3c4oc5c(CNc6cccc7ccc(C)nc67)c(O)ccc5c(-c5ccccc5C=O)c-4cc(C)c3=O)c2n1. The minimum absolute atomic E-state index is 0.0310. The van der Waals surface area contributed by atoms with Crippen LogP contribution in [-0.2, 0) is 13.1 Å². The minimum atomic E-state index is -0.158. The van der Waals surface area contributed by atoms with Gasteiger partial charge in [0.15, 0.2) is 11.7 Å². The molecule has 0 amide bonds. The average Bonchev–Trinajstić information content (AvgIpc) is 3.14. The van der Waals surface area contributed by atoms with Crippen LogP contribution >= 0.6 is 0 Å². The predicted molar refractivity (Wildman–Crippen MR) is 204 cm³/mol. The zero-order valence-corrected chi connectivity index (χ0v) is 28.4. The fraction of sp³-hybridized carbons (Fsp3) is 0.116. The highest BCUT2D eigenvalue weighted by molar-refractivity contribution is 6.07. The molecule has 51 heavy (non-hydrogen) atoms. The first-order chi connectivity index (χ1) is 24.8. The average molecular weight is 671 g/mol. The summed E-state index contributed by atoms with van der Waals surface area (Å²) in [6.07, 6.45) is 0.836. The number of aryl methyl sites for hydroxylation is 3. The molecule has 8 rings (SSSR count). The molecule has 6 aromatic rings. The van der Waals surface area contributed by atoms with Gasteiger partial charge in [-0.05, 0) is 74.4 Å². The van der Waals surface area contributed by atoms with Crippen LogP contribution < -0.4 is 16.1 Å². The number of fused-ring (bicyclic) bond motifs is 4. The van der Waals surface area contributed by atoms with Crippen molar-refractivity contribution in [1.29, 1.82) is 0 Å². The second kappa shape index (κ2) is 12.7. The van der Waals surface area contributed by atoms with Crippen LogP contribution in [0.2, 0.25) is 0 Å². The number of pyridine rings is 2. The number of hydrogen-bond acceptors (Lipinski definition) is 8. The number of rotatable bonds is 8. The van der Waals surface area contributed by atoms with Gasteiger partial charge in [0.2, 0.25) is 0 Å². The maximum absolute atomic E-state index is 14.0. The number of aromatic nitrogens is 2. The summed E-state index contributed by atoms with van der Waals surface area (Å²) in [6, 6.07) is 32.5. The number of carbonyl (C=O) groups is 1. The van der Waals surface area contributed by atoms with Gasteiger partial charge in [0.1, 0.15) is 17.1 Å². The van der Waals surface area contributed by atoms with Crippen molar-refractivity contribution in [2.24, 2.45) is 0 Å². The third-order valence-corrected chi connectivity index (χ3v) is 9.48. The summed E-state index contributed by atoms with van der Waals surface area (Å²) in [6.45, 7) is 6.04. The second-order valence-corrected chi connectivity index (χ2v) is 12.9. The molecule has 2 aliphatic rings. The Labute approximate surface area is 293 Å². The van der Waals surface area contributed by atoms with Crippen molar-refractivity contribution in [3.8, 4) is 28.2 Å². The first kappa shape index (κ1) is 31.7. The van der Waals surface area contributed by atoms with Gasteiger partial charge < -0.3 is 20.2 Å². The fourth-order valence-corrected chi connectivity index (χ4v) is 6.92. The number of anilines is 2. The van der Waals surface area contributed by atoms with Crippen LogP contribution in [0.3, 0.4) is 0 Å². The lowest BCUT2D eigenvalue weighted by atomic mass is 9.87. The molecule has 0 unspecified atom stereocenters. The van der Waals surface area contributed by atoms with Crippen LogP contribution in [0.1, 0.15) is 38.4 Å². The summed E-state index contributed by atoms with van der Waals surface area (Å²) in [5.41, 5.74) is 9.35. The number of benzene rings is 5. The molecule has 3 heterocycles. The maximum atomic E-state index is 14.0. The van der Waals surface area contributed by atoms with E-state index in [1.54, 1.807) is 25.1 Å². The number of phenols is 1. The van der Waals surface area contributed by atoms with Crippen LogP contribution in [0.25, 0.3) is 55.2 Å². The number of nitrogens with zero attached hydrogens (tertiary/aromatic N) is 2. The largest absolute Gasteiger partial charge is 0.507 e. The van der Waals surface area contributed by atoms with Gasteiger partial charge in [-0.2, -0.15) is 0 Å². The highest BCUT2D eigenvalue weighted by Crippen LogP contribution is 2.45. The van der Waals surface area contributed by atoms with E-state index in [0.29, 0.717) is 50.1 Å². The molecule has 1 aliphatic heterocycles. The normalized spacial score (nSPS) is 11.4. The predicted octanol–water partition coefficient (Wildman–Crippen LogP) is 9.33. The molecule has 0 atom stereocenters. The molecular weight excluding hydrogens is 636 g/mol. The Morgan fingerprint density at radius 1 is 0.706 bits per heavy atom. The minimum Gasteiger partial charge on any atom is -0.507 e. The zero-order valence-electron chi connectivity index (χ0n) is 28.4. The zero-order chi connectivity index (χ0) is 35.2. The summed E-state index contributed by atoms with van der Waals surface area (Å²) in [4.78, 5) is 35.9. The van der Waals surface area contributed by atoms with Crippen LogP contribution in [-0.4, -0.2) is 21.4 Å². The Kier molecular flexibility index (Phi) is 7.91. The van der Waals surface area contributed by atoms with E-state index < -0.39 is 0 Å². The standard InChI is InChI=1S/C43H34N4O4/c1-24-20-32-38(30-11-5-4-8-29(30)23-48)31-18-19-37(49)33(21-44-35-12-6-9-27-16-14-25(2)46-39(27)35)42(31)51-43(32)34(41(24)50)22-45-36-13-7-10-28-17-15-26(3)47-40(28)36/h4-20,23,44-45,49H,21-22H2,1-3H3. The Balaban J connectivity index is 1.34. The number of aromatic hydroxyl groups is 1. The Hall–Kier alpha value is -6.54. The molecule has 0 radical (unpaired) electrons. The maximum Gasteiger partial charge on any atom is 0.190 e. The quantitative estimate of drug-likeness (QED) is 0.108. The highest BCUT2D eigenvalue weighted by atomic mass is 16.3. The van der Waals surface area contributed by atoms with Gasteiger partial charge in [-0.3, -0.25) is 19.6 Å². The summed E-state index contributed by atoms with van der Waals surface area (Å²) in [5.74, 6) is 0.406. The van der Waals surface area contributed by atoms with E-state index in [0.717, 1.165) is 56.4 Å². The molecule has 0 fully saturated rings. The van der Waals surface area contributed by atoms with Crippen molar-refractivity contribution in [3.63, 3.8) is 0 Å². The highest BCUT2D eigenvalue weighted by Gasteiger charge is 2.26. The lowest BCUT2D eigenvalue weighted by Crippen LogP contribution is -2.18. The van der Waals surface area contributed by atoms with Crippen molar-refractivity contribution in [2.45, 2.75) is 33.9 Å². The van der Waals surface area contributed by atoms with Crippen LogP contribution in [0.15, 0.2) is 112 Å². The van der Waals surface area contributed by atoms with Gasteiger partial charge in [0.25, 0.3) is 0 Å². The smallest absolute Gasteiger partial charge is 0.190 e. The summed E-state index contributed by atoms with van der Waals surface area (Å²) >= 11 is 0. The molecule has 0 spiro atoms. The van der Waals surface area contributed by atoms with Gasteiger partial charge in [0, 0.05) is 57.3 Å². The molecule has 250 valence electrons. The topological polar surface area (TPSA) is 117 Å². The van der Waals surface area contributed by atoms with Crippen molar-refractivity contribution >= 4 is 50.4 Å². The second-order valence-electron chi connectivity index (χ2n) is 12.9.